The standard InChI is InChI=1S/C44H76NO9P/c1-6-8-10-11-12-13-14-15-18-22-25-28-32-36-44(48)54-42(40-53-55(49,50)52-38-37-45(3,4)5)39-51-43(47)35-31-27-24-21-19-16-17-20-23-26-30-34-41(46)33-29-9-7-2/h13-14,16-17,21,23-24,26,30,34,42H,6-12,15,18-20,22,25,27-29,31-33,35-40H2,1-5H3/b14-13-,17-16-,24-21-,26-23-,34-30+/t42-/m1/s1. The van der Waals surface area contributed by atoms with E-state index >= 15 is 0 Å². The minimum Gasteiger partial charge on any atom is -0.756 e. The Labute approximate surface area is 334 Å². The summed E-state index contributed by atoms with van der Waals surface area (Å²) in [5.74, 6) is -0.783. The summed E-state index contributed by atoms with van der Waals surface area (Å²) in [6, 6.07) is 0. The molecule has 0 fully saturated rings. The van der Waals surface area contributed by atoms with Crippen LogP contribution < -0.4 is 4.89 Å². The first kappa shape index (κ1) is 52.4. The average Bonchev–Trinajstić information content (AvgIpc) is 3.12. The lowest BCUT2D eigenvalue weighted by atomic mass is 10.1. The molecule has 11 heteroatoms. The van der Waals surface area contributed by atoms with Gasteiger partial charge >= 0.3 is 11.9 Å². The van der Waals surface area contributed by atoms with Crippen LogP contribution in [0, 0.1) is 0 Å². The van der Waals surface area contributed by atoms with Crippen molar-refractivity contribution in [2.75, 3.05) is 47.5 Å². The lowest BCUT2D eigenvalue weighted by Crippen LogP contribution is -2.37. The van der Waals surface area contributed by atoms with Crippen LogP contribution in [0.1, 0.15) is 149 Å². The molecule has 0 saturated carbocycles. The maximum Gasteiger partial charge on any atom is 0.306 e. The number of phosphoric ester groups is 1. The molecule has 0 heterocycles. The van der Waals surface area contributed by atoms with Gasteiger partial charge in [0.1, 0.15) is 19.8 Å². The molecule has 0 aromatic carbocycles. The fourth-order valence-corrected chi connectivity index (χ4v) is 5.85. The Bertz CT molecular complexity index is 1190. The number of allylic oxidation sites excluding steroid dienone is 10. The first-order chi connectivity index (χ1) is 26.4. The molecule has 0 aliphatic rings. The van der Waals surface area contributed by atoms with Crippen LogP contribution in [0.3, 0.4) is 0 Å². The molecule has 0 aromatic rings. The number of carbonyl (C=O) groups is 3. The highest BCUT2D eigenvalue weighted by Crippen LogP contribution is 2.38. The Hall–Kier alpha value is -2.62. The topological polar surface area (TPSA) is 128 Å². The van der Waals surface area contributed by atoms with E-state index in [0.717, 1.165) is 70.6 Å². The van der Waals surface area contributed by atoms with Crippen molar-refractivity contribution >= 4 is 25.5 Å². The fraction of sp³-hybridized carbons (Fsp3) is 0.705. The van der Waals surface area contributed by atoms with Crippen LogP contribution in [-0.4, -0.2) is 75.8 Å². The second-order valence-corrected chi connectivity index (χ2v) is 16.4. The van der Waals surface area contributed by atoms with Gasteiger partial charge in [-0.05, 0) is 70.3 Å². The highest BCUT2D eigenvalue weighted by atomic mass is 31.2. The summed E-state index contributed by atoms with van der Waals surface area (Å²) in [6.07, 6.45) is 38.1. The van der Waals surface area contributed by atoms with Crippen molar-refractivity contribution in [3.63, 3.8) is 0 Å². The number of unbranched alkanes of at least 4 members (excludes halogenated alkanes) is 12. The molecule has 0 N–H and O–H groups in total. The van der Waals surface area contributed by atoms with Crippen molar-refractivity contribution in [1.82, 2.24) is 0 Å². The zero-order chi connectivity index (χ0) is 40.9. The molecular formula is C44H76NO9P. The van der Waals surface area contributed by atoms with Gasteiger partial charge in [-0.15, -0.1) is 0 Å². The quantitative estimate of drug-likeness (QED) is 0.0115. The van der Waals surface area contributed by atoms with Crippen LogP contribution in [0.5, 0.6) is 0 Å². The van der Waals surface area contributed by atoms with E-state index in [-0.39, 0.29) is 31.8 Å². The van der Waals surface area contributed by atoms with Gasteiger partial charge in [0.15, 0.2) is 11.9 Å². The van der Waals surface area contributed by atoms with Crippen molar-refractivity contribution in [2.24, 2.45) is 0 Å². The summed E-state index contributed by atoms with van der Waals surface area (Å²) in [4.78, 5) is 49.1. The zero-order valence-electron chi connectivity index (χ0n) is 35.1. The predicted molar refractivity (Wildman–Crippen MR) is 222 cm³/mol. The molecule has 0 radical (unpaired) electrons. The molecule has 10 nitrogen and oxygen atoms in total. The zero-order valence-corrected chi connectivity index (χ0v) is 36.0. The van der Waals surface area contributed by atoms with Gasteiger partial charge < -0.3 is 27.9 Å². The van der Waals surface area contributed by atoms with E-state index in [1.54, 1.807) is 12.2 Å². The lowest BCUT2D eigenvalue weighted by molar-refractivity contribution is -0.870. The molecule has 0 spiro atoms. The molecular weight excluding hydrogens is 717 g/mol. The molecule has 0 saturated heterocycles. The third-order valence-corrected chi connectivity index (χ3v) is 9.45. The molecule has 2 atom stereocenters. The van der Waals surface area contributed by atoms with E-state index in [4.69, 9.17) is 18.5 Å². The van der Waals surface area contributed by atoms with Crippen molar-refractivity contribution in [3.8, 4) is 0 Å². The van der Waals surface area contributed by atoms with Gasteiger partial charge in [0.2, 0.25) is 0 Å². The summed E-state index contributed by atoms with van der Waals surface area (Å²) < 4.78 is 33.7. The first-order valence-electron chi connectivity index (χ1n) is 20.9. The SMILES string of the molecule is CCCCCC/C=C\CCCCCCCC(=O)O[C@H](COC(=O)CCC/C=C\C/C=C\C/C=C\C=C\C(=O)CCCCC)COP(=O)([O-])OCC[N+](C)(C)C. The number of hydrogen-bond acceptors (Lipinski definition) is 9. The Morgan fingerprint density at radius 3 is 1.85 bits per heavy atom. The molecule has 0 aliphatic heterocycles. The number of hydrogen-bond donors (Lipinski definition) is 0. The second-order valence-electron chi connectivity index (χ2n) is 15.0. The van der Waals surface area contributed by atoms with E-state index in [1.165, 1.54) is 25.7 Å². The molecule has 0 aromatic heterocycles. The summed E-state index contributed by atoms with van der Waals surface area (Å²) >= 11 is 0. The molecule has 0 aliphatic carbocycles. The minimum absolute atomic E-state index is 0.0532. The van der Waals surface area contributed by atoms with E-state index in [9.17, 15) is 23.8 Å². The van der Waals surface area contributed by atoms with Gasteiger partial charge in [-0.3, -0.25) is 18.9 Å². The van der Waals surface area contributed by atoms with Gasteiger partial charge in [-0.2, -0.15) is 0 Å². The predicted octanol–water partition coefficient (Wildman–Crippen LogP) is 10.2. The largest absolute Gasteiger partial charge is 0.756 e. The Morgan fingerprint density at radius 2 is 1.16 bits per heavy atom. The number of ether oxygens (including phenoxy) is 2. The van der Waals surface area contributed by atoms with Crippen LogP contribution in [0.15, 0.2) is 60.8 Å². The molecule has 1 unspecified atom stereocenters. The maximum atomic E-state index is 12.6. The van der Waals surface area contributed by atoms with Crippen LogP contribution in [0.2, 0.25) is 0 Å². The third-order valence-electron chi connectivity index (χ3n) is 8.49. The van der Waals surface area contributed by atoms with Crippen LogP contribution in [0.4, 0.5) is 0 Å². The summed E-state index contributed by atoms with van der Waals surface area (Å²) in [6.45, 7) is 3.93. The molecule has 55 heavy (non-hydrogen) atoms. The van der Waals surface area contributed by atoms with Gasteiger partial charge in [-0.1, -0.05) is 120 Å². The highest BCUT2D eigenvalue weighted by Gasteiger charge is 2.21. The first-order valence-corrected chi connectivity index (χ1v) is 22.4. The molecule has 0 amide bonds. The number of phosphoric acid groups is 1. The Morgan fingerprint density at radius 1 is 0.618 bits per heavy atom. The van der Waals surface area contributed by atoms with Crippen molar-refractivity contribution in [2.45, 2.75) is 155 Å². The van der Waals surface area contributed by atoms with Gasteiger partial charge in [0, 0.05) is 19.3 Å². The van der Waals surface area contributed by atoms with E-state index in [0.29, 0.717) is 36.7 Å². The summed E-state index contributed by atoms with van der Waals surface area (Å²) in [5, 5.41) is 0. The number of likely N-dealkylation sites (N-methyl/N-ethyl adjacent to an activating group) is 1. The van der Waals surface area contributed by atoms with Crippen LogP contribution >= 0.6 is 7.82 Å². The number of nitrogens with zero attached hydrogens (tertiary/aromatic N) is 1. The van der Waals surface area contributed by atoms with E-state index < -0.39 is 32.5 Å². The monoisotopic (exact) mass is 794 g/mol. The Balaban J connectivity index is 4.54. The fourth-order valence-electron chi connectivity index (χ4n) is 5.12. The van der Waals surface area contributed by atoms with Crippen molar-refractivity contribution in [3.05, 3.63) is 60.8 Å². The maximum absolute atomic E-state index is 12.6. The smallest absolute Gasteiger partial charge is 0.306 e. The summed E-state index contributed by atoms with van der Waals surface area (Å²) in [7, 11) is 1.09. The molecule has 316 valence electrons. The average molecular weight is 794 g/mol. The Kier molecular flexibility index (Phi) is 34.1. The van der Waals surface area contributed by atoms with E-state index in [1.807, 2.05) is 45.4 Å². The van der Waals surface area contributed by atoms with Gasteiger partial charge in [0.05, 0.1) is 27.7 Å². The van der Waals surface area contributed by atoms with Gasteiger partial charge in [0.25, 0.3) is 7.82 Å². The highest BCUT2D eigenvalue weighted by molar-refractivity contribution is 7.45. The number of esters is 2. The number of ketones is 1. The van der Waals surface area contributed by atoms with Crippen LogP contribution in [-0.2, 0) is 37.5 Å². The van der Waals surface area contributed by atoms with Crippen LogP contribution in [0.25, 0.3) is 0 Å². The lowest BCUT2D eigenvalue weighted by Gasteiger charge is -2.28. The third kappa shape index (κ3) is 39.4. The van der Waals surface area contributed by atoms with Crippen molar-refractivity contribution < 1.29 is 46.8 Å². The number of rotatable bonds is 37. The molecule has 0 rings (SSSR count). The summed E-state index contributed by atoms with van der Waals surface area (Å²) in [5.41, 5.74) is 0. The van der Waals surface area contributed by atoms with Gasteiger partial charge in [-0.25, -0.2) is 0 Å². The second kappa shape index (κ2) is 35.8. The number of carbonyl (C=O) groups excluding carboxylic acids is 3. The van der Waals surface area contributed by atoms with Crippen molar-refractivity contribution in [1.29, 1.82) is 0 Å². The normalized spacial score (nSPS) is 14.1. The minimum atomic E-state index is -4.65. The number of quaternary nitrogens is 1. The van der Waals surface area contributed by atoms with E-state index in [2.05, 4.69) is 38.2 Å². The molecule has 0 bridgehead atoms.